The van der Waals surface area contributed by atoms with Gasteiger partial charge in [0.15, 0.2) is 0 Å². The smallest absolute Gasteiger partial charge is 0.404 e. The average Bonchev–Trinajstić information content (AvgIpc) is 2.98. The van der Waals surface area contributed by atoms with Gasteiger partial charge in [-0.1, -0.05) is 19.8 Å². The van der Waals surface area contributed by atoms with Gasteiger partial charge in [-0.3, -0.25) is 4.79 Å². The van der Waals surface area contributed by atoms with Crippen LogP contribution >= 0.6 is 0 Å². The molecule has 2 amide bonds. The Morgan fingerprint density at radius 2 is 2.21 bits per heavy atom. The molecule has 0 aromatic rings. The Bertz CT molecular complexity index is 389. The Morgan fingerprint density at radius 1 is 1.53 bits per heavy atom. The first-order valence-electron chi connectivity index (χ1n) is 6.90. The largest absolute Gasteiger partial charge is 0.465 e. The summed E-state index contributed by atoms with van der Waals surface area (Å²) in [6, 6.07) is 0. The summed E-state index contributed by atoms with van der Waals surface area (Å²) in [6.07, 6.45) is 4.16. The zero-order chi connectivity index (χ0) is 13.8. The molecule has 1 atom stereocenters. The lowest BCUT2D eigenvalue weighted by molar-refractivity contribution is -0.129. The molecule has 0 spiro atoms. The van der Waals surface area contributed by atoms with Gasteiger partial charge < -0.3 is 10.4 Å². The summed E-state index contributed by atoms with van der Waals surface area (Å²) in [5.41, 5.74) is 0.789. The van der Waals surface area contributed by atoms with Gasteiger partial charge in [0.2, 0.25) is 5.91 Å². The van der Waals surface area contributed by atoms with E-state index in [0.717, 1.165) is 12.3 Å². The summed E-state index contributed by atoms with van der Waals surface area (Å²) in [5, 5.41) is 16.9. The van der Waals surface area contributed by atoms with Gasteiger partial charge in [-0.05, 0) is 18.8 Å². The molecule has 106 valence electrons. The van der Waals surface area contributed by atoms with Gasteiger partial charge in [0.1, 0.15) is 0 Å². The van der Waals surface area contributed by atoms with Gasteiger partial charge >= 0.3 is 6.09 Å². The lowest BCUT2D eigenvalue weighted by Crippen LogP contribution is -2.30. The fourth-order valence-electron chi connectivity index (χ4n) is 2.70. The summed E-state index contributed by atoms with van der Waals surface area (Å²) in [6.45, 7) is 2.92. The van der Waals surface area contributed by atoms with Gasteiger partial charge in [0.25, 0.3) is 0 Å². The van der Waals surface area contributed by atoms with Crippen LogP contribution < -0.4 is 5.32 Å². The maximum absolute atomic E-state index is 11.9. The molecule has 19 heavy (non-hydrogen) atoms. The first kappa shape index (κ1) is 13.8. The number of hydrazone groups is 1. The zero-order valence-electron chi connectivity index (χ0n) is 11.3. The molecule has 0 radical (unpaired) electrons. The highest BCUT2D eigenvalue weighted by Crippen LogP contribution is 2.27. The van der Waals surface area contributed by atoms with E-state index >= 15 is 0 Å². The first-order valence-corrected chi connectivity index (χ1v) is 6.90. The molecule has 2 aliphatic rings. The SMILES string of the molecule is CC(CNC(=O)O)C1=NN(CC2CCCC2)C(=O)C1. The van der Waals surface area contributed by atoms with Gasteiger partial charge in [-0.15, -0.1) is 0 Å². The maximum Gasteiger partial charge on any atom is 0.404 e. The van der Waals surface area contributed by atoms with Gasteiger partial charge in [-0.25, -0.2) is 9.80 Å². The summed E-state index contributed by atoms with van der Waals surface area (Å²) in [4.78, 5) is 22.3. The molecule has 1 heterocycles. The minimum Gasteiger partial charge on any atom is -0.465 e. The van der Waals surface area contributed by atoms with Crippen LogP contribution in [0.25, 0.3) is 0 Å². The van der Waals surface area contributed by atoms with Crippen LogP contribution in [-0.4, -0.2) is 40.9 Å². The minimum atomic E-state index is -1.04. The normalized spacial score (nSPS) is 21.6. The number of hydrogen-bond acceptors (Lipinski definition) is 3. The van der Waals surface area contributed by atoms with Crippen LogP contribution in [0.2, 0.25) is 0 Å². The van der Waals surface area contributed by atoms with E-state index in [1.807, 2.05) is 6.92 Å². The fourth-order valence-corrected chi connectivity index (χ4v) is 2.70. The van der Waals surface area contributed by atoms with Crippen LogP contribution in [0.3, 0.4) is 0 Å². The fraction of sp³-hybridized carbons (Fsp3) is 0.769. The van der Waals surface area contributed by atoms with E-state index in [-0.39, 0.29) is 11.8 Å². The highest BCUT2D eigenvalue weighted by molar-refractivity contribution is 6.06. The van der Waals surface area contributed by atoms with Crippen molar-refractivity contribution in [1.82, 2.24) is 10.3 Å². The van der Waals surface area contributed by atoms with E-state index in [0.29, 0.717) is 18.9 Å². The standard InChI is InChI=1S/C13H21N3O3/c1-9(7-14-13(18)19)11-6-12(17)16(15-11)8-10-4-2-3-5-10/h9-10,14H,2-8H2,1H3,(H,18,19). The number of carboxylic acid groups (broad SMARTS) is 1. The van der Waals surface area contributed by atoms with Crippen LogP contribution in [0.4, 0.5) is 4.79 Å². The summed E-state index contributed by atoms with van der Waals surface area (Å²) in [7, 11) is 0. The van der Waals surface area contributed by atoms with Crippen molar-refractivity contribution in [3.63, 3.8) is 0 Å². The van der Waals surface area contributed by atoms with Crippen LogP contribution in [0, 0.1) is 11.8 Å². The van der Waals surface area contributed by atoms with E-state index in [1.165, 1.54) is 25.7 Å². The first-order chi connectivity index (χ1) is 9.06. The number of carbonyl (C=O) groups excluding carboxylic acids is 1. The van der Waals surface area contributed by atoms with E-state index < -0.39 is 6.09 Å². The molecule has 1 aliphatic heterocycles. The molecule has 6 heteroatoms. The molecule has 1 aliphatic carbocycles. The number of rotatable bonds is 5. The van der Waals surface area contributed by atoms with Gasteiger partial charge in [0.05, 0.1) is 12.1 Å². The van der Waals surface area contributed by atoms with Crippen molar-refractivity contribution < 1.29 is 14.7 Å². The zero-order valence-corrected chi connectivity index (χ0v) is 11.3. The Balaban J connectivity index is 1.87. The molecule has 6 nitrogen and oxygen atoms in total. The highest BCUT2D eigenvalue weighted by Gasteiger charge is 2.29. The predicted molar refractivity (Wildman–Crippen MR) is 70.9 cm³/mol. The monoisotopic (exact) mass is 267 g/mol. The van der Waals surface area contributed by atoms with Crippen molar-refractivity contribution in [3.05, 3.63) is 0 Å². The molecule has 1 fully saturated rings. The van der Waals surface area contributed by atoms with Crippen molar-refractivity contribution in [3.8, 4) is 0 Å². The van der Waals surface area contributed by atoms with Gasteiger partial charge in [-0.2, -0.15) is 5.10 Å². The molecule has 0 saturated heterocycles. The van der Waals surface area contributed by atoms with E-state index in [4.69, 9.17) is 5.11 Å². The number of hydrogen-bond donors (Lipinski definition) is 2. The van der Waals surface area contributed by atoms with E-state index in [1.54, 1.807) is 5.01 Å². The van der Waals surface area contributed by atoms with Crippen molar-refractivity contribution in [2.45, 2.75) is 39.0 Å². The minimum absolute atomic E-state index is 0.0337. The second kappa shape index (κ2) is 6.04. The molecule has 0 aromatic heterocycles. The van der Waals surface area contributed by atoms with Crippen molar-refractivity contribution >= 4 is 17.7 Å². The molecule has 1 saturated carbocycles. The number of nitrogens with zero attached hydrogens (tertiary/aromatic N) is 2. The quantitative estimate of drug-likeness (QED) is 0.795. The predicted octanol–water partition coefficient (Wildman–Crippen LogP) is 1.67. The molecule has 0 aromatic carbocycles. The Hall–Kier alpha value is -1.59. The third-order valence-corrected chi connectivity index (χ3v) is 3.90. The lowest BCUT2D eigenvalue weighted by atomic mass is 10.0. The van der Waals surface area contributed by atoms with Crippen molar-refractivity contribution in [2.24, 2.45) is 16.9 Å². The van der Waals surface area contributed by atoms with Crippen LogP contribution in [0.1, 0.15) is 39.0 Å². The third-order valence-electron chi connectivity index (χ3n) is 3.90. The van der Waals surface area contributed by atoms with E-state index in [9.17, 15) is 9.59 Å². The Labute approximate surface area is 112 Å². The Morgan fingerprint density at radius 3 is 2.84 bits per heavy atom. The molecular weight excluding hydrogens is 246 g/mol. The lowest BCUT2D eigenvalue weighted by Gasteiger charge is -2.16. The summed E-state index contributed by atoms with van der Waals surface area (Å²) in [5.74, 6) is 0.595. The summed E-state index contributed by atoms with van der Waals surface area (Å²) >= 11 is 0. The molecule has 0 bridgehead atoms. The molecule has 2 rings (SSSR count). The van der Waals surface area contributed by atoms with Crippen LogP contribution in [0.5, 0.6) is 0 Å². The average molecular weight is 267 g/mol. The second-order valence-corrected chi connectivity index (χ2v) is 5.48. The number of amides is 2. The third kappa shape index (κ3) is 3.68. The topological polar surface area (TPSA) is 82.0 Å². The highest BCUT2D eigenvalue weighted by atomic mass is 16.4. The molecule has 2 N–H and O–H groups in total. The van der Waals surface area contributed by atoms with E-state index in [2.05, 4.69) is 10.4 Å². The maximum atomic E-state index is 11.9. The van der Waals surface area contributed by atoms with Gasteiger partial charge in [0, 0.05) is 19.0 Å². The number of carbonyl (C=O) groups is 2. The number of nitrogens with one attached hydrogen (secondary N) is 1. The van der Waals surface area contributed by atoms with Crippen LogP contribution in [0.15, 0.2) is 5.10 Å². The molecule has 1 unspecified atom stereocenters. The van der Waals surface area contributed by atoms with Crippen molar-refractivity contribution in [1.29, 1.82) is 0 Å². The summed E-state index contributed by atoms with van der Waals surface area (Å²) < 4.78 is 0. The van der Waals surface area contributed by atoms with Crippen molar-refractivity contribution in [2.75, 3.05) is 13.1 Å². The second-order valence-electron chi connectivity index (χ2n) is 5.48. The Kier molecular flexibility index (Phi) is 4.39. The molecular formula is C13H21N3O3. The van der Waals surface area contributed by atoms with Crippen LogP contribution in [-0.2, 0) is 4.79 Å².